The number of aromatic nitrogens is 2. The van der Waals surface area contributed by atoms with E-state index in [-0.39, 0.29) is 17.0 Å². The van der Waals surface area contributed by atoms with E-state index in [1.165, 1.54) is 18.3 Å². The van der Waals surface area contributed by atoms with Crippen molar-refractivity contribution in [1.29, 1.82) is 0 Å². The highest BCUT2D eigenvalue weighted by molar-refractivity contribution is 7.90. The molecule has 0 aliphatic rings. The van der Waals surface area contributed by atoms with Crippen LogP contribution in [-0.2, 0) is 26.0 Å². The molecule has 1 heterocycles. The van der Waals surface area contributed by atoms with Gasteiger partial charge in [-0.2, -0.15) is 0 Å². The predicted molar refractivity (Wildman–Crippen MR) is 100 cm³/mol. The lowest BCUT2D eigenvalue weighted by Gasteiger charge is -2.22. The first kappa shape index (κ1) is 21.4. The Balaban J connectivity index is 2.27. The number of nitrogens with one attached hydrogen (secondary N) is 1. The monoisotopic (exact) mass is 409 g/mol. The van der Waals surface area contributed by atoms with Crippen LogP contribution in [0.1, 0.15) is 32.0 Å². The molecule has 1 amide bonds. The fourth-order valence-corrected chi connectivity index (χ4v) is 3.67. The van der Waals surface area contributed by atoms with Crippen LogP contribution in [0.5, 0.6) is 0 Å². The van der Waals surface area contributed by atoms with Crippen molar-refractivity contribution in [2.45, 2.75) is 50.7 Å². The van der Waals surface area contributed by atoms with Crippen LogP contribution >= 0.6 is 0 Å². The highest BCUT2D eigenvalue weighted by Gasteiger charge is 2.27. The number of nitrogens with zero attached hydrogens (tertiary/aromatic N) is 2. The first-order valence-electron chi connectivity index (χ1n) is 8.46. The van der Waals surface area contributed by atoms with Crippen molar-refractivity contribution in [1.82, 2.24) is 14.3 Å². The molecule has 2 N–H and O–H groups in total. The number of carboxylic acids is 1. The lowest BCUT2D eigenvalue weighted by molar-refractivity contribution is -0.139. The number of carboxylic acid groups (broad SMARTS) is 1. The molecule has 0 unspecified atom stereocenters. The summed E-state index contributed by atoms with van der Waals surface area (Å²) in [5.74, 6) is -1.33. The van der Waals surface area contributed by atoms with E-state index in [0.717, 1.165) is 15.9 Å². The second-order valence-corrected chi connectivity index (χ2v) is 9.05. The average molecular weight is 409 g/mol. The van der Waals surface area contributed by atoms with Gasteiger partial charge in [0, 0.05) is 12.6 Å². The molecule has 1 aromatic heterocycles. The standard InChI is InChI=1S/C18H23N3O6S/c1-12-5-7-14(8-6-12)28(25,26)21-11-19-10-13(21)9-15(16(22)23)20-17(24)27-18(2,3)4/h5-8,10-11,15H,9H2,1-4H3,(H,20,24)(H,22,23)/t15-/m0/s1. The maximum Gasteiger partial charge on any atom is 0.408 e. The first-order valence-corrected chi connectivity index (χ1v) is 9.90. The molecule has 0 aliphatic heterocycles. The molecular formula is C18H23N3O6S. The van der Waals surface area contributed by atoms with Gasteiger partial charge < -0.3 is 15.2 Å². The highest BCUT2D eigenvalue weighted by Crippen LogP contribution is 2.17. The lowest BCUT2D eigenvalue weighted by atomic mass is 10.1. The molecule has 2 rings (SSSR count). The van der Waals surface area contributed by atoms with Crippen LogP contribution in [0.25, 0.3) is 0 Å². The van der Waals surface area contributed by atoms with Gasteiger partial charge in [-0.05, 0) is 39.8 Å². The van der Waals surface area contributed by atoms with Crippen LogP contribution in [0.2, 0.25) is 0 Å². The van der Waals surface area contributed by atoms with Gasteiger partial charge in [0.1, 0.15) is 18.0 Å². The molecule has 0 spiro atoms. The van der Waals surface area contributed by atoms with Gasteiger partial charge in [0.2, 0.25) is 0 Å². The predicted octanol–water partition coefficient (Wildman–Crippen LogP) is 1.95. The van der Waals surface area contributed by atoms with Crippen molar-refractivity contribution in [2.75, 3.05) is 0 Å². The van der Waals surface area contributed by atoms with Gasteiger partial charge in [0.25, 0.3) is 10.0 Å². The Bertz CT molecular complexity index is 958. The van der Waals surface area contributed by atoms with Crippen LogP contribution in [0.3, 0.4) is 0 Å². The molecule has 28 heavy (non-hydrogen) atoms. The Morgan fingerprint density at radius 1 is 1.25 bits per heavy atom. The molecule has 0 aliphatic carbocycles. The molecule has 10 heteroatoms. The number of carbonyl (C=O) groups is 2. The number of hydrogen-bond donors (Lipinski definition) is 2. The Hall–Kier alpha value is -2.88. The van der Waals surface area contributed by atoms with Crippen molar-refractivity contribution in [2.24, 2.45) is 0 Å². The number of aryl methyl sites for hydroxylation is 1. The number of carbonyl (C=O) groups excluding carboxylic acids is 1. The third kappa shape index (κ3) is 5.32. The summed E-state index contributed by atoms with van der Waals surface area (Å²) in [5.41, 5.74) is 0.213. The van der Waals surface area contributed by atoms with Gasteiger partial charge >= 0.3 is 12.1 Å². The molecule has 0 bridgehead atoms. The lowest BCUT2D eigenvalue weighted by Crippen LogP contribution is -2.45. The number of aliphatic carboxylic acids is 1. The maximum atomic E-state index is 12.9. The first-order chi connectivity index (χ1) is 12.9. The molecule has 0 fully saturated rings. The molecular weight excluding hydrogens is 386 g/mol. The fourth-order valence-electron chi connectivity index (χ4n) is 2.35. The van der Waals surface area contributed by atoms with Crippen molar-refractivity contribution in [3.05, 3.63) is 48.0 Å². The molecule has 0 saturated carbocycles. The summed E-state index contributed by atoms with van der Waals surface area (Å²) < 4.78 is 31.7. The van der Waals surface area contributed by atoms with E-state index in [0.29, 0.717) is 0 Å². The molecule has 152 valence electrons. The summed E-state index contributed by atoms with van der Waals surface area (Å²) in [4.78, 5) is 27.3. The summed E-state index contributed by atoms with van der Waals surface area (Å²) in [7, 11) is -3.95. The molecule has 2 aromatic rings. The zero-order valence-corrected chi connectivity index (χ0v) is 16.9. The summed E-state index contributed by atoms with van der Waals surface area (Å²) in [5, 5.41) is 11.7. The Morgan fingerprint density at radius 2 is 1.86 bits per heavy atom. The van der Waals surface area contributed by atoms with E-state index in [1.807, 2.05) is 6.92 Å². The number of rotatable bonds is 6. The minimum atomic E-state index is -3.95. The minimum absolute atomic E-state index is 0.0457. The van der Waals surface area contributed by atoms with Crippen LogP contribution in [0.15, 0.2) is 41.7 Å². The summed E-state index contributed by atoms with van der Waals surface area (Å²) in [6.45, 7) is 6.77. The van der Waals surface area contributed by atoms with Crippen LogP contribution in [0.4, 0.5) is 4.79 Å². The second-order valence-electron chi connectivity index (χ2n) is 7.24. The van der Waals surface area contributed by atoms with Crippen LogP contribution in [-0.4, -0.2) is 46.2 Å². The molecule has 1 atom stereocenters. The number of hydrogen-bond acceptors (Lipinski definition) is 6. The van der Waals surface area contributed by atoms with E-state index in [1.54, 1.807) is 32.9 Å². The van der Waals surface area contributed by atoms with Crippen molar-refractivity contribution < 1.29 is 27.9 Å². The Morgan fingerprint density at radius 3 is 2.39 bits per heavy atom. The average Bonchev–Trinajstić information content (AvgIpc) is 3.02. The summed E-state index contributed by atoms with van der Waals surface area (Å²) in [6, 6.07) is 4.85. The Labute approximate surface area is 163 Å². The van der Waals surface area contributed by atoms with Gasteiger partial charge in [-0.25, -0.2) is 27.0 Å². The zero-order valence-electron chi connectivity index (χ0n) is 16.0. The van der Waals surface area contributed by atoms with E-state index in [4.69, 9.17) is 4.74 Å². The van der Waals surface area contributed by atoms with Crippen molar-refractivity contribution >= 4 is 22.1 Å². The molecule has 0 radical (unpaired) electrons. The van der Waals surface area contributed by atoms with Gasteiger partial charge in [0.05, 0.1) is 10.6 Å². The smallest absolute Gasteiger partial charge is 0.408 e. The molecule has 1 aromatic carbocycles. The normalized spacial score (nSPS) is 13.0. The SMILES string of the molecule is Cc1ccc(S(=O)(=O)n2cncc2C[C@H](NC(=O)OC(C)(C)C)C(=O)O)cc1. The van der Waals surface area contributed by atoms with Crippen molar-refractivity contribution in [3.8, 4) is 0 Å². The molecule has 0 saturated heterocycles. The van der Waals surface area contributed by atoms with E-state index in [2.05, 4.69) is 10.3 Å². The third-order valence-electron chi connectivity index (χ3n) is 3.66. The van der Waals surface area contributed by atoms with Gasteiger partial charge in [-0.15, -0.1) is 0 Å². The second kappa shape index (κ2) is 8.01. The van der Waals surface area contributed by atoms with Crippen LogP contribution < -0.4 is 5.32 Å². The fraction of sp³-hybridized carbons (Fsp3) is 0.389. The molecule has 9 nitrogen and oxygen atoms in total. The quantitative estimate of drug-likeness (QED) is 0.746. The largest absolute Gasteiger partial charge is 0.480 e. The van der Waals surface area contributed by atoms with E-state index >= 15 is 0 Å². The van der Waals surface area contributed by atoms with Crippen molar-refractivity contribution in [3.63, 3.8) is 0 Å². The summed E-state index contributed by atoms with van der Waals surface area (Å²) >= 11 is 0. The zero-order chi connectivity index (χ0) is 21.1. The summed E-state index contributed by atoms with van der Waals surface area (Å²) in [6.07, 6.45) is 1.14. The van der Waals surface area contributed by atoms with Crippen LogP contribution in [0, 0.1) is 6.92 Å². The number of ether oxygens (including phenoxy) is 1. The minimum Gasteiger partial charge on any atom is -0.480 e. The number of benzene rings is 1. The number of imidazole rings is 1. The topological polar surface area (TPSA) is 128 Å². The number of amides is 1. The van der Waals surface area contributed by atoms with E-state index < -0.39 is 33.7 Å². The van der Waals surface area contributed by atoms with Gasteiger partial charge in [-0.3, -0.25) is 0 Å². The highest BCUT2D eigenvalue weighted by atomic mass is 32.2. The third-order valence-corrected chi connectivity index (χ3v) is 5.37. The van der Waals surface area contributed by atoms with Gasteiger partial charge in [0.15, 0.2) is 0 Å². The Kier molecular flexibility index (Phi) is 6.13. The van der Waals surface area contributed by atoms with E-state index in [9.17, 15) is 23.1 Å². The number of alkyl carbamates (subject to hydrolysis) is 1. The van der Waals surface area contributed by atoms with Gasteiger partial charge in [-0.1, -0.05) is 17.7 Å². The maximum absolute atomic E-state index is 12.9.